The van der Waals surface area contributed by atoms with Crippen molar-refractivity contribution in [2.24, 2.45) is 0 Å². The molecule has 0 bridgehead atoms. The van der Waals surface area contributed by atoms with Crippen LogP contribution in [-0.4, -0.2) is 24.2 Å². The minimum Gasteiger partial charge on any atom is -0.491 e. The van der Waals surface area contributed by atoms with E-state index in [9.17, 15) is 9.18 Å². The maximum atomic E-state index is 13.5. The topological polar surface area (TPSA) is 58.6 Å². The molecule has 0 saturated carbocycles. The van der Waals surface area contributed by atoms with Crippen LogP contribution in [0.25, 0.3) is 0 Å². The van der Waals surface area contributed by atoms with Gasteiger partial charge in [0.15, 0.2) is 0 Å². The molecule has 4 nitrogen and oxygen atoms in total. The molecule has 0 unspecified atom stereocenters. The number of aliphatic hydroxyl groups excluding tert-OH is 1. The molecule has 2 rings (SSSR count). The summed E-state index contributed by atoms with van der Waals surface area (Å²) in [6.45, 7) is 0.406. The van der Waals surface area contributed by atoms with Gasteiger partial charge in [0.25, 0.3) is 0 Å². The van der Waals surface area contributed by atoms with Crippen LogP contribution >= 0.6 is 0 Å². The lowest BCUT2D eigenvalue weighted by Gasteiger charge is -2.11. The molecule has 0 radical (unpaired) electrons. The Labute approximate surface area is 128 Å². The summed E-state index contributed by atoms with van der Waals surface area (Å²) >= 11 is 0. The quantitative estimate of drug-likeness (QED) is 0.823. The number of halogens is 1. The minimum absolute atomic E-state index is 0.00760. The number of nitrogens with one attached hydrogen (secondary N) is 1. The fraction of sp³-hybridized carbons (Fsp3) is 0.235. The van der Waals surface area contributed by atoms with Crippen LogP contribution in [0.1, 0.15) is 11.1 Å². The van der Waals surface area contributed by atoms with Crippen molar-refractivity contribution in [2.45, 2.75) is 13.0 Å². The lowest BCUT2D eigenvalue weighted by Crippen LogP contribution is -2.25. The number of para-hydroxylation sites is 1. The third-order valence-electron chi connectivity index (χ3n) is 3.11. The first-order chi connectivity index (χ1) is 10.7. The fourth-order valence-electron chi connectivity index (χ4n) is 2.02. The molecule has 2 aromatic carbocycles. The predicted octanol–water partition coefficient (Wildman–Crippen LogP) is 2.06. The highest BCUT2D eigenvalue weighted by Gasteiger charge is 2.09. The van der Waals surface area contributed by atoms with Gasteiger partial charge in [-0.05, 0) is 17.7 Å². The van der Waals surface area contributed by atoms with Gasteiger partial charge in [0.05, 0.1) is 13.0 Å². The van der Waals surface area contributed by atoms with Crippen molar-refractivity contribution in [1.29, 1.82) is 0 Å². The summed E-state index contributed by atoms with van der Waals surface area (Å²) in [6.07, 6.45) is -0.00760. The third-order valence-corrected chi connectivity index (χ3v) is 3.11. The summed E-state index contributed by atoms with van der Waals surface area (Å²) in [4.78, 5) is 11.9. The monoisotopic (exact) mass is 303 g/mol. The lowest BCUT2D eigenvalue weighted by atomic mass is 10.1. The van der Waals surface area contributed by atoms with E-state index < -0.39 is 0 Å². The van der Waals surface area contributed by atoms with Crippen LogP contribution in [0.2, 0.25) is 0 Å². The van der Waals surface area contributed by atoms with E-state index in [4.69, 9.17) is 9.84 Å². The van der Waals surface area contributed by atoms with E-state index in [1.54, 1.807) is 24.3 Å². The molecule has 0 aliphatic heterocycles. The molecule has 0 aliphatic rings. The van der Waals surface area contributed by atoms with Crippen LogP contribution in [0.5, 0.6) is 5.75 Å². The van der Waals surface area contributed by atoms with Crippen molar-refractivity contribution >= 4 is 5.91 Å². The van der Waals surface area contributed by atoms with E-state index in [2.05, 4.69) is 5.32 Å². The third kappa shape index (κ3) is 4.56. The van der Waals surface area contributed by atoms with Gasteiger partial charge in [0.1, 0.15) is 18.2 Å². The normalized spacial score (nSPS) is 10.3. The van der Waals surface area contributed by atoms with Crippen LogP contribution in [0.3, 0.4) is 0 Å². The summed E-state index contributed by atoms with van der Waals surface area (Å²) in [7, 11) is 0. The Morgan fingerprint density at radius 1 is 1.09 bits per heavy atom. The molecule has 22 heavy (non-hydrogen) atoms. The molecule has 0 spiro atoms. The van der Waals surface area contributed by atoms with E-state index in [1.165, 1.54) is 6.07 Å². The summed E-state index contributed by atoms with van der Waals surface area (Å²) in [6, 6.07) is 13.5. The molecule has 0 heterocycles. The van der Waals surface area contributed by atoms with Crippen molar-refractivity contribution in [1.82, 2.24) is 5.32 Å². The number of hydrogen-bond acceptors (Lipinski definition) is 3. The Kier molecular flexibility index (Phi) is 5.91. The van der Waals surface area contributed by atoms with Gasteiger partial charge in [-0.15, -0.1) is 0 Å². The first kappa shape index (κ1) is 16.0. The number of aliphatic hydroxyl groups is 1. The van der Waals surface area contributed by atoms with Gasteiger partial charge in [0.2, 0.25) is 5.91 Å². The van der Waals surface area contributed by atoms with Gasteiger partial charge in [-0.25, -0.2) is 4.39 Å². The van der Waals surface area contributed by atoms with Crippen LogP contribution in [0.15, 0.2) is 48.5 Å². The molecular weight excluding hydrogens is 285 g/mol. The number of amides is 1. The SMILES string of the molecule is O=C(Cc1ccccc1F)NCc1ccccc1OCCO. The summed E-state index contributed by atoms with van der Waals surface area (Å²) in [5, 5.41) is 11.5. The van der Waals surface area contributed by atoms with Crippen molar-refractivity contribution in [2.75, 3.05) is 13.2 Å². The van der Waals surface area contributed by atoms with E-state index >= 15 is 0 Å². The van der Waals surface area contributed by atoms with E-state index in [0.717, 1.165) is 5.56 Å². The number of benzene rings is 2. The molecule has 116 valence electrons. The molecule has 0 fully saturated rings. The Morgan fingerprint density at radius 3 is 2.50 bits per heavy atom. The zero-order valence-electron chi connectivity index (χ0n) is 12.1. The molecular formula is C17H18FNO3. The second kappa shape index (κ2) is 8.14. The number of carbonyl (C=O) groups excluding carboxylic acids is 1. The highest BCUT2D eigenvalue weighted by atomic mass is 19.1. The highest BCUT2D eigenvalue weighted by molar-refractivity contribution is 5.78. The van der Waals surface area contributed by atoms with Crippen LogP contribution < -0.4 is 10.1 Å². The van der Waals surface area contributed by atoms with Gasteiger partial charge in [-0.2, -0.15) is 0 Å². The summed E-state index contributed by atoms with van der Waals surface area (Å²) in [5.41, 5.74) is 1.17. The van der Waals surface area contributed by atoms with Gasteiger partial charge < -0.3 is 15.2 Å². The van der Waals surface area contributed by atoms with Gasteiger partial charge >= 0.3 is 0 Å². The van der Waals surface area contributed by atoms with Gasteiger partial charge in [-0.1, -0.05) is 36.4 Å². The van der Waals surface area contributed by atoms with E-state index in [0.29, 0.717) is 11.3 Å². The van der Waals surface area contributed by atoms with E-state index in [-0.39, 0.29) is 37.9 Å². The van der Waals surface area contributed by atoms with Crippen LogP contribution in [0.4, 0.5) is 4.39 Å². The Balaban J connectivity index is 1.92. The summed E-state index contributed by atoms with van der Waals surface area (Å²) < 4.78 is 18.9. The number of rotatable bonds is 7. The Hall–Kier alpha value is -2.40. The standard InChI is InChI=1S/C17H18FNO3/c18-15-7-3-1-5-13(15)11-17(21)19-12-14-6-2-4-8-16(14)22-10-9-20/h1-8,20H,9-12H2,(H,19,21). The average molecular weight is 303 g/mol. The average Bonchev–Trinajstić information content (AvgIpc) is 2.54. The number of carbonyl (C=O) groups is 1. The first-order valence-electron chi connectivity index (χ1n) is 7.02. The smallest absolute Gasteiger partial charge is 0.224 e. The van der Waals surface area contributed by atoms with Crippen molar-refractivity contribution in [3.8, 4) is 5.75 Å². The summed E-state index contributed by atoms with van der Waals surface area (Å²) in [5.74, 6) is -0.0332. The zero-order valence-corrected chi connectivity index (χ0v) is 12.1. The Morgan fingerprint density at radius 2 is 1.77 bits per heavy atom. The van der Waals surface area contributed by atoms with Crippen molar-refractivity contribution < 1.29 is 19.0 Å². The second-order valence-electron chi connectivity index (χ2n) is 4.72. The van der Waals surface area contributed by atoms with Crippen molar-refractivity contribution in [3.05, 3.63) is 65.5 Å². The molecule has 5 heteroatoms. The number of hydrogen-bond donors (Lipinski definition) is 2. The zero-order chi connectivity index (χ0) is 15.8. The molecule has 2 N–H and O–H groups in total. The molecule has 1 amide bonds. The molecule has 0 saturated heterocycles. The Bertz CT molecular complexity index is 631. The minimum atomic E-state index is -0.385. The molecule has 0 atom stereocenters. The van der Waals surface area contributed by atoms with Crippen molar-refractivity contribution in [3.63, 3.8) is 0 Å². The largest absolute Gasteiger partial charge is 0.491 e. The van der Waals surface area contributed by atoms with Crippen LogP contribution in [0, 0.1) is 5.82 Å². The maximum Gasteiger partial charge on any atom is 0.224 e. The van der Waals surface area contributed by atoms with Crippen LogP contribution in [-0.2, 0) is 17.8 Å². The van der Waals surface area contributed by atoms with E-state index in [1.807, 2.05) is 18.2 Å². The maximum absolute atomic E-state index is 13.5. The lowest BCUT2D eigenvalue weighted by molar-refractivity contribution is -0.120. The fourth-order valence-corrected chi connectivity index (χ4v) is 2.02. The van der Waals surface area contributed by atoms with Gasteiger partial charge in [-0.3, -0.25) is 4.79 Å². The predicted molar refractivity (Wildman–Crippen MR) is 81.0 cm³/mol. The second-order valence-corrected chi connectivity index (χ2v) is 4.72. The molecule has 2 aromatic rings. The highest BCUT2D eigenvalue weighted by Crippen LogP contribution is 2.17. The van der Waals surface area contributed by atoms with Gasteiger partial charge in [0, 0.05) is 12.1 Å². The number of ether oxygens (including phenoxy) is 1. The molecule has 0 aliphatic carbocycles. The molecule has 0 aromatic heterocycles. The first-order valence-corrected chi connectivity index (χ1v) is 7.02.